The minimum atomic E-state index is -3.74. The Balaban J connectivity index is 1.89. The third kappa shape index (κ3) is 4.32. The molecule has 0 unspecified atom stereocenters. The molecule has 0 atom stereocenters. The molecule has 8 nitrogen and oxygen atoms in total. The molecule has 10 heteroatoms. The van der Waals surface area contributed by atoms with Crippen LogP contribution in [0.2, 0.25) is 5.02 Å². The maximum Gasteiger partial charge on any atom is 0.295 e. The molecule has 1 N–H and O–H groups in total. The van der Waals surface area contributed by atoms with E-state index in [0.717, 1.165) is 24.5 Å². The summed E-state index contributed by atoms with van der Waals surface area (Å²) in [6, 6.07) is 10.8. The molecule has 1 aliphatic heterocycles. The lowest BCUT2D eigenvalue weighted by Gasteiger charge is -2.15. The van der Waals surface area contributed by atoms with Gasteiger partial charge in [0.25, 0.3) is 5.69 Å². The van der Waals surface area contributed by atoms with Crippen molar-refractivity contribution in [2.45, 2.75) is 24.7 Å². The molecule has 0 aromatic heterocycles. The van der Waals surface area contributed by atoms with E-state index in [1.807, 2.05) is 6.07 Å². The number of rotatable bonds is 6. The molecule has 3 rings (SSSR count). The zero-order valence-electron chi connectivity index (χ0n) is 15.1. The Bertz CT molecular complexity index is 1030. The Labute approximate surface area is 168 Å². The third-order valence-corrected chi connectivity index (χ3v) is 6.58. The van der Waals surface area contributed by atoms with Gasteiger partial charge in [-0.25, -0.2) is 8.42 Å². The summed E-state index contributed by atoms with van der Waals surface area (Å²) in [6.07, 6.45) is 1.58. The second-order valence-corrected chi connectivity index (χ2v) is 8.74. The molecule has 1 saturated heterocycles. The summed E-state index contributed by atoms with van der Waals surface area (Å²) >= 11 is 5.96. The Morgan fingerprint density at radius 3 is 2.57 bits per heavy atom. The number of hydrazone groups is 1. The Morgan fingerprint density at radius 2 is 1.93 bits per heavy atom. The molecule has 2 aromatic rings. The van der Waals surface area contributed by atoms with Crippen LogP contribution in [0.3, 0.4) is 0 Å². The number of nitro benzene ring substituents is 1. The van der Waals surface area contributed by atoms with E-state index in [0.29, 0.717) is 23.8 Å². The summed E-state index contributed by atoms with van der Waals surface area (Å²) in [5, 5.41) is 16.2. The van der Waals surface area contributed by atoms with Gasteiger partial charge in [-0.2, -0.15) is 9.41 Å². The van der Waals surface area contributed by atoms with Crippen LogP contribution in [0.25, 0.3) is 0 Å². The fourth-order valence-corrected chi connectivity index (χ4v) is 4.65. The van der Waals surface area contributed by atoms with Crippen molar-refractivity contribution in [2.24, 2.45) is 5.10 Å². The topological polar surface area (TPSA) is 105 Å². The third-order valence-electron chi connectivity index (χ3n) is 4.46. The van der Waals surface area contributed by atoms with E-state index in [2.05, 4.69) is 10.5 Å². The highest BCUT2D eigenvalue weighted by atomic mass is 35.5. The monoisotopic (exact) mass is 422 g/mol. The van der Waals surface area contributed by atoms with Crippen molar-refractivity contribution in [3.63, 3.8) is 0 Å². The number of anilines is 1. The second-order valence-electron chi connectivity index (χ2n) is 6.37. The number of nitrogens with zero attached hydrogens (tertiary/aromatic N) is 3. The Kier molecular flexibility index (Phi) is 5.97. The summed E-state index contributed by atoms with van der Waals surface area (Å²) in [5.74, 6) is 0. The summed E-state index contributed by atoms with van der Waals surface area (Å²) in [5.41, 5.74) is 3.74. The predicted molar refractivity (Wildman–Crippen MR) is 108 cm³/mol. The Morgan fingerprint density at radius 1 is 1.21 bits per heavy atom. The molecular formula is C18H19ClN4O4S. The van der Waals surface area contributed by atoms with Gasteiger partial charge < -0.3 is 0 Å². The number of nitrogens with one attached hydrogen (secondary N) is 1. The smallest absolute Gasteiger partial charge is 0.271 e. The first kappa shape index (κ1) is 20.2. The lowest BCUT2D eigenvalue weighted by molar-refractivity contribution is -0.384. The van der Waals surface area contributed by atoms with Gasteiger partial charge in [-0.15, -0.1) is 0 Å². The summed E-state index contributed by atoms with van der Waals surface area (Å²) in [7, 11) is -3.74. The summed E-state index contributed by atoms with van der Waals surface area (Å²) in [4.78, 5) is 10.7. The van der Waals surface area contributed by atoms with Gasteiger partial charge in [-0.1, -0.05) is 23.7 Å². The maximum atomic E-state index is 12.6. The highest BCUT2D eigenvalue weighted by Gasteiger charge is 2.29. The van der Waals surface area contributed by atoms with Gasteiger partial charge in [0.2, 0.25) is 10.0 Å². The largest absolute Gasteiger partial charge is 0.295 e. The standard InChI is InChI=1S/C18H19ClN4O4S/c1-13(14-5-4-6-15(19)11-14)20-21-17-8-7-16(12-18(17)23(24)25)28(26,27)22-9-2-3-10-22/h4-8,11-12,21H,2-3,9-10H2,1H3/b20-13+. The van der Waals surface area contributed by atoms with Crippen molar-refractivity contribution in [3.05, 3.63) is 63.2 Å². The number of halogens is 1. The number of benzene rings is 2. The quantitative estimate of drug-likeness (QED) is 0.432. The SMILES string of the molecule is C/C(=N\Nc1ccc(S(=O)(=O)N2CCCC2)cc1[N+](=O)[O-])c1cccc(Cl)c1. The van der Waals surface area contributed by atoms with Gasteiger partial charge in [-0.3, -0.25) is 15.5 Å². The second kappa shape index (κ2) is 8.26. The predicted octanol–water partition coefficient (Wildman–Crippen LogP) is 3.87. The zero-order valence-corrected chi connectivity index (χ0v) is 16.7. The van der Waals surface area contributed by atoms with E-state index < -0.39 is 14.9 Å². The molecular weight excluding hydrogens is 404 g/mol. The first-order chi connectivity index (χ1) is 13.3. The lowest BCUT2D eigenvalue weighted by Crippen LogP contribution is -2.27. The minimum absolute atomic E-state index is 0.0952. The maximum absolute atomic E-state index is 12.6. The summed E-state index contributed by atoms with van der Waals surface area (Å²) < 4.78 is 26.6. The average molecular weight is 423 g/mol. The van der Waals surface area contributed by atoms with Crippen LogP contribution in [0, 0.1) is 10.1 Å². The molecule has 1 fully saturated rings. The molecule has 2 aromatic carbocycles. The van der Waals surface area contributed by atoms with Crippen LogP contribution in [-0.4, -0.2) is 36.4 Å². The number of nitro groups is 1. The highest BCUT2D eigenvalue weighted by molar-refractivity contribution is 7.89. The first-order valence-electron chi connectivity index (χ1n) is 8.64. The van der Waals surface area contributed by atoms with Crippen LogP contribution >= 0.6 is 11.6 Å². The van der Waals surface area contributed by atoms with Crippen molar-refractivity contribution in [1.82, 2.24) is 4.31 Å². The van der Waals surface area contributed by atoms with E-state index in [4.69, 9.17) is 11.6 Å². The molecule has 0 aliphatic carbocycles. The van der Waals surface area contributed by atoms with Crippen molar-refractivity contribution >= 4 is 38.7 Å². The van der Waals surface area contributed by atoms with Crippen LogP contribution in [0.15, 0.2) is 52.5 Å². The van der Waals surface area contributed by atoms with Gasteiger partial charge in [-0.05, 0) is 49.6 Å². The average Bonchev–Trinajstić information content (AvgIpc) is 3.21. The molecule has 0 radical (unpaired) electrons. The van der Waals surface area contributed by atoms with Crippen LogP contribution < -0.4 is 5.43 Å². The van der Waals surface area contributed by atoms with Gasteiger partial charge >= 0.3 is 0 Å². The Hall–Kier alpha value is -2.49. The van der Waals surface area contributed by atoms with Crippen LogP contribution in [-0.2, 0) is 10.0 Å². The van der Waals surface area contributed by atoms with Crippen LogP contribution in [0.4, 0.5) is 11.4 Å². The lowest BCUT2D eigenvalue weighted by atomic mass is 10.1. The molecule has 1 aliphatic rings. The fourth-order valence-electron chi connectivity index (χ4n) is 2.92. The van der Waals surface area contributed by atoms with Gasteiger partial charge in [0.1, 0.15) is 5.69 Å². The van der Waals surface area contributed by atoms with Crippen molar-refractivity contribution in [1.29, 1.82) is 0 Å². The highest BCUT2D eigenvalue weighted by Crippen LogP contribution is 2.30. The molecule has 148 valence electrons. The first-order valence-corrected chi connectivity index (χ1v) is 10.5. The normalized spacial score (nSPS) is 15.6. The van der Waals surface area contributed by atoms with E-state index >= 15 is 0 Å². The molecule has 0 bridgehead atoms. The zero-order chi connectivity index (χ0) is 20.3. The van der Waals surface area contributed by atoms with Gasteiger partial charge in [0.05, 0.1) is 15.5 Å². The van der Waals surface area contributed by atoms with E-state index in [1.165, 1.54) is 16.4 Å². The van der Waals surface area contributed by atoms with Crippen LogP contribution in [0.5, 0.6) is 0 Å². The van der Waals surface area contributed by atoms with E-state index in [-0.39, 0.29) is 16.3 Å². The number of sulfonamides is 1. The molecule has 0 spiro atoms. The van der Waals surface area contributed by atoms with E-state index in [1.54, 1.807) is 25.1 Å². The van der Waals surface area contributed by atoms with Crippen molar-refractivity contribution < 1.29 is 13.3 Å². The fraction of sp³-hybridized carbons (Fsp3) is 0.278. The van der Waals surface area contributed by atoms with Crippen LogP contribution in [0.1, 0.15) is 25.3 Å². The van der Waals surface area contributed by atoms with Gasteiger partial charge in [0, 0.05) is 24.2 Å². The van der Waals surface area contributed by atoms with Crippen molar-refractivity contribution in [2.75, 3.05) is 18.5 Å². The number of hydrogen-bond acceptors (Lipinski definition) is 6. The summed E-state index contributed by atoms with van der Waals surface area (Å²) in [6.45, 7) is 2.59. The van der Waals surface area contributed by atoms with Gasteiger partial charge in [0.15, 0.2) is 0 Å². The van der Waals surface area contributed by atoms with E-state index in [9.17, 15) is 18.5 Å². The molecule has 0 amide bonds. The number of hydrogen-bond donors (Lipinski definition) is 1. The molecule has 0 saturated carbocycles. The molecule has 1 heterocycles. The minimum Gasteiger partial charge on any atom is -0.271 e. The molecule has 28 heavy (non-hydrogen) atoms. The van der Waals surface area contributed by atoms with Crippen molar-refractivity contribution in [3.8, 4) is 0 Å².